The van der Waals surface area contributed by atoms with Crippen molar-refractivity contribution in [1.29, 1.82) is 0 Å². The van der Waals surface area contributed by atoms with E-state index < -0.39 is 0 Å². The summed E-state index contributed by atoms with van der Waals surface area (Å²) in [7, 11) is 0. The molecule has 0 bridgehead atoms. The van der Waals surface area contributed by atoms with Crippen molar-refractivity contribution in [2.24, 2.45) is 5.92 Å². The maximum absolute atomic E-state index is 9.98. The maximum atomic E-state index is 9.98. The molecule has 0 aromatic heterocycles. The van der Waals surface area contributed by atoms with Gasteiger partial charge in [0.25, 0.3) is 0 Å². The lowest BCUT2D eigenvalue weighted by atomic mass is 9.91. The number of rotatable bonds is 6. The molecule has 2 unspecified atom stereocenters. The fourth-order valence-corrected chi connectivity index (χ4v) is 2.46. The van der Waals surface area contributed by atoms with Crippen molar-refractivity contribution < 1.29 is 9.84 Å². The average molecular weight is 214 g/mol. The maximum Gasteiger partial charge on any atom is 0.0576 e. The van der Waals surface area contributed by atoms with Crippen molar-refractivity contribution >= 4 is 0 Å². The number of hydrogen-bond donors (Lipinski definition) is 1. The number of ether oxygens (including phenoxy) is 1. The highest BCUT2D eigenvalue weighted by molar-refractivity contribution is 4.70. The molecule has 1 N–H and O–H groups in total. The predicted molar refractivity (Wildman–Crippen MR) is 62.9 cm³/mol. The monoisotopic (exact) mass is 214 g/mol. The first-order chi connectivity index (χ1) is 7.27. The molecule has 0 amide bonds. The molecular formula is C13H26O2. The van der Waals surface area contributed by atoms with Crippen molar-refractivity contribution in [3.05, 3.63) is 0 Å². The zero-order valence-electron chi connectivity index (χ0n) is 10.2. The fraction of sp³-hybridized carbons (Fsp3) is 1.00. The van der Waals surface area contributed by atoms with Gasteiger partial charge in [-0.2, -0.15) is 0 Å². The lowest BCUT2D eigenvalue weighted by Crippen LogP contribution is -2.24. The van der Waals surface area contributed by atoms with E-state index in [1.165, 1.54) is 19.3 Å². The molecule has 0 aliphatic carbocycles. The molecule has 0 aromatic carbocycles. The summed E-state index contributed by atoms with van der Waals surface area (Å²) in [5.74, 6) is 0.480. The second kappa shape index (κ2) is 7.24. The van der Waals surface area contributed by atoms with Gasteiger partial charge < -0.3 is 9.84 Å². The van der Waals surface area contributed by atoms with E-state index in [4.69, 9.17) is 4.74 Å². The molecule has 1 rings (SSSR count). The minimum absolute atomic E-state index is 0.120. The molecule has 0 radical (unpaired) electrons. The first-order valence-electron chi connectivity index (χ1n) is 6.57. The summed E-state index contributed by atoms with van der Waals surface area (Å²) in [6.45, 7) is 5.24. The van der Waals surface area contributed by atoms with Crippen molar-refractivity contribution in [1.82, 2.24) is 0 Å². The van der Waals surface area contributed by atoms with Gasteiger partial charge in [-0.1, -0.05) is 26.7 Å². The van der Waals surface area contributed by atoms with Crippen LogP contribution in [-0.4, -0.2) is 23.9 Å². The predicted octanol–water partition coefficient (Wildman–Crippen LogP) is 3.13. The molecule has 15 heavy (non-hydrogen) atoms. The Labute approximate surface area is 94.0 Å². The minimum atomic E-state index is -0.120. The summed E-state index contributed by atoms with van der Waals surface area (Å²) < 4.78 is 5.66. The molecule has 1 saturated heterocycles. The van der Waals surface area contributed by atoms with E-state index in [0.717, 1.165) is 32.3 Å². The molecule has 0 aromatic rings. The van der Waals surface area contributed by atoms with E-state index in [0.29, 0.717) is 12.0 Å². The van der Waals surface area contributed by atoms with E-state index in [1.54, 1.807) is 0 Å². The van der Waals surface area contributed by atoms with Crippen LogP contribution in [0.2, 0.25) is 0 Å². The van der Waals surface area contributed by atoms with E-state index in [9.17, 15) is 5.11 Å². The van der Waals surface area contributed by atoms with Crippen LogP contribution in [0.15, 0.2) is 0 Å². The SMILES string of the molecule is CCC(CC)C(O)CCC1CCCCO1. The molecule has 1 aliphatic heterocycles. The standard InChI is InChI=1S/C13H26O2/c1-3-11(4-2)13(14)9-8-12-7-5-6-10-15-12/h11-14H,3-10H2,1-2H3. The lowest BCUT2D eigenvalue weighted by molar-refractivity contribution is -0.00361. The van der Waals surface area contributed by atoms with Crippen LogP contribution in [0.3, 0.4) is 0 Å². The van der Waals surface area contributed by atoms with Gasteiger partial charge in [-0.3, -0.25) is 0 Å². The van der Waals surface area contributed by atoms with Crippen molar-refractivity contribution in [3.63, 3.8) is 0 Å². The van der Waals surface area contributed by atoms with Crippen LogP contribution in [0.25, 0.3) is 0 Å². The van der Waals surface area contributed by atoms with Gasteiger partial charge in [0, 0.05) is 6.61 Å². The normalized spacial score (nSPS) is 24.4. The lowest BCUT2D eigenvalue weighted by Gasteiger charge is -2.25. The Kier molecular flexibility index (Phi) is 6.26. The van der Waals surface area contributed by atoms with Crippen molar-refractivity contribution in [2.75, 3.05) is 6.61 Å². The van der Waals surface area contributed by atoms with Gasteiger partial charge in [-0.05, 0) is 38.0 Å². The molecule has 2 heteroatoms. The zero-order chi connectivity index (χ0) is 11.1. The second-order valence-electron chi connectivity index (χ2n) is 4.71. The van der Waals surface area contributed by atoms with Gasteiger partial charge in [0.15, 0.2) is 0 Å². The molecule has 2 atom stereocenters. The molecule has 1 aliphatic rings. The minimum Gasteiger partial charge on any atom is -0.393 e. The molecule has 0 saturated carbocycles. The molecule has 1 heterocycles. The van der Waals surface area contributed by atoms with Gasteiger partial charge in [0.05, 0.1) is 12.2 Å². The van der Waals surface area contributed by atoms with Crippen LogP contribution in [0.4, 0.5) is 0 Å². The van der Waals surface area contributed by atoms with Gasteiger partial charge >= 0.3 is 0 Å². The average Bonchev–Trinajstić information content (AvgIpc) is 2.29. The Bertz CT molecular complexity index is 149. The molecule has 1 fully saturated rings. The summed E-state index contributed by atoms with van der Waals surface area (Å²) in [5.41, 5.74) is 0. The van der Waals surface area contributed by atoms with Crippen molar-refractivity contribution in [2.45, 2.75) is 71.0 Å². The van der Waals surface area contributed by atoms with E-state index in [2.05, 4.69) is 13.8 Å². The fourth-order valence-electron chi connectivity index (χ4n) is 2.46. The summed E-state index contributed by atoms with van der Waals surface area (Å²) in [4.78, 5) is 0. The van der Waals surface area contributed by atoms with Crippen molar-refractivity contribution in [3.8, 4) is 0 Å². The topological polar surface area (TPSA) is 29.5 Å². The van der Waals surface area contributed by atoms with E-state index in [-0.39, 0.29) is 6.10 Å². The van der Waals surface area contributed by atoms with Crippen LogP contribution in [-0.2, 0) is 4.74 Å². The van der Waals surface area contributed by atoms with Crippen LogP contribution >= 0.6 is 0 Å². The van der Waals surface area contributed by atoms with E-state index >= 15 is 0 Å². The van der Waals surface area contributed by atoms with Crippen LogP contribution in [0.1, 0.15) is 58.8 Å². The van der Waals surface area contributed by atoms with Crippen LogP contribution in [0.5, 0.6) is 0 Å². The third-order valence-electron chi connectivity index (χ3n) is 3.65. The third-order valence-corrected chi connectivity index (χ3v) is 3.65. The second-order valence-corrected chi connectivity index (χ2v) is 4.71. The highest BCUT2D eigenvalue weighted by atomic mass is 16.5. The number of hydrogen-bond acceptors (Lipinski definition) is 2. The number of aliphatic hydroxyl groups excluding tert-OH is 1. The molecule has 0 spiro atoms. The summed E-state index contributed by atoms with van der Waals surface area (Å²) >= 11 is 0. The third kappa shape index (κ3) is 4.52. The van der Waals surface area contributed by atoms with E-state index in [1.807, 2.05) is 0 Å². The Morgan fingerprint density at radius 1 is 1.27 bits per heavy atom. The molecule has 2 nitrogen and oxygen atoms in total. The quantitative estimate of drug-likeness (QED) is 0.736. The van der Waals surface area contributed by atoms with Gasteiger partial charge in [0.2, 0.25) is 0 Å². The van der Waals surface area contributed by atoms with Gasteiger partial charge in [-0.25, -0.2) is 0 Å². The molecular weight excluding hydrogens is 188 g/mol. The smallest absolute Gasteiger partial charge is 0.0576 e. The summed E-state index contributed by atoms with van der Waals surface area (Å²) in [5, 5.41) is 9.98. The highest BCUT2D eigenvalue weighted by Gasteiger charge is 2.19. The first kappa shape index (κ1) is 13.0. The number of aliphatic hydroxyl groups is 1. The van der Waals surface area contributed by atoms with Crippen LogP contribution < -0.4 is 0 Å². The zero-order valence-corrected chi connectivity index (χ0v) is 10.2. The van der Waals surface area contributed by atoms with Gasteiger partial charge in [-0.15, -0.1) is 0 Å². The largest absolute Gasteiger partial charge is 0.393 e. The van der Waals surface area contributed by atoms with Gasteiger partial charge in [0.1, 0.15) is 0 Å². The Balaban J connectivity index is 2.16. The first-order valence-corrected chi connectivity index (χ1v) is 6.57. The summed E-state index contributed by atoms with van der Waals surface area (Å²) in [6, 6.07) is 0. The molecule has 90 valence electrons. The summed E-state index contributed by atoms with van der Waals surface area (Å²) in [6.07, 6.45) is 8.13. The highest BCUT2D eigenvalue weighted by Crippen LogP contribution is 2.22. The van der Waals surface area contributed by atoms with Crippen LogP contribution in [0, 0.1) is 5.92 Å². The Morgan fingerprint density at radius 2 is 2.00 bits per heavy atom. The Hall–Kier alpha value is -0.0800. The Morgan fingerprint density at radius 3 is 2.53 bits per heavy atom.